The van der Waals surface area contributed by atoms with Crippen LogP contribution in [0.25, 0.3) is 0 Å². The number of hydrogen-bond acceptors (Lipinski definition) is 2. The van der Waals surface area contributed by atoms with Crippen LogP contribution < -0.4 is 10.6 Å². The molecule has 0 amide bonds. The molecule has 1 fully saturated rings. The van der Waals surface area contributed by atoms with Crippen molar-refractivity contribution in [1.82, 2.24) is 0 Å². The molecule has 1 heterocycles. The summed E-state index contributed by atoms with van der Waals surface area (Å²) in [6, 6.07) is 15.2. The summed E-state index contributed by atoms with van der Waals surface area (Å²) in [5.74, 6) is 0. The van der Waals surface area contributed by atoms with Crippen molar-refractivity contribution in [2.45, 2.75) is 26.2 Å². The molecule has 0 unspecified atom stereocenters. The molecule has 0 aliphatic carbocycles. The van der Waals surface area contributed by atoms with Crippen molar-refractivity contribution in [2.24, 2.45) is 0 Å². The van der Waals surface area contributed by atoms with Gasteiger partial charge in [0, 0.05) is 13.1 Å². The lowest BCUT2D eigenvalue weighted by Gasteiger charge is -2.20. The largest absolute Gasteiger partial charge is 0.397 e. The molecule has 2 N–H and O–H groups in total. The highest BCUT2D eigenvalue weighted by Crippen LogP contribution is 2.28. The SMILES string of the molecule is Cc1ccc(Cc2ccc(N3CCCC3)c(N)c2)cc1. The molecule has 20 heavy (non-hydrogen) atoms. The van der Waals surface area contributed by atoms with Crippen molar-refractivity contribution in [2.75, 3.05) is 23.7 Å². The van der Waals surface area contributed by atoms with Crippen LogP contribution >= 0.6 is 0 Å². The number of nitrogen functional groups attached to an aromatic ring is 1. The molecule has 0 spiro atoms. The van der Waals surface area contributed by atoms with Gasteiger partial charge in [0.25, 0.3) is 0 Å². The molecule has 0 aromatic heterocycles. The van der Waals surface area contributed by atoms with Crippen molar-refractivity contribution in [3.05, 3.63) is 59.2 Å². The Bertz CT molecular complexity index is 581. The van der Waals surface area contributed by atoms with E-state index < -0.39 is 0 Å². The normalized spacial score (nSPS) is 14.8. The second-order valence-corrected chi connectivity index (χ2v) is 5.75. The fourth-order valence-electron chi connectivity index (χ4n) is 2.90. The number of hydrogen-bond donors (Lipinski definition) is 1. The first-order valence-corrected chi connectivity index (χ1v) is 7.41. The van der Waals surface area contributed by atoms with E-state index in [0.717, 1.165) is 25.2 Å². The fourth-order valence-corrected chi connectivity index (χ4v) is 2.90. The maximum Gasteiger partial charge on any atom is 0.0600 e. The zero-order valence-corrected chi connectivity index (χ0v) is 12.1. The van der Waals surface area contributed by atoms with Crippen LogP contribution in [0.15, 0.2) is 42.5 Å². The molecule has 0 bridgehead atoms. The lowest BCUT2D eigenvalue weighted by molar-refractivity contribution is 0.949. The first kappa shape index (κ1) is 13.0. The van der Waals surface area contributed by atoms with E-state index in [1.54, 1.807) is 0 Å². The number of nitrogens with two attached hydrogens (primary N) is 1. The number of nitrogens with zero attached hydrogens (tertiary/aromatic N) is 1. The summed E-state index contributed by atoms with van der Waals surface area (Å²) in [6.45, 7) is 4.40. The van der Waals surface area contributed by atoms with Crippen LogP contribution in [0.3, 0.4) is 0 Å². The van der Waals surface area contributed by atoms with E-state index in [1.165, 1.54) is 35.2 Å². The number of rotatable bonds is 3. The number of aryl methyl sites for hydroxylation is 1. The van der Waals surface area contributed by atoms with Gasteiger partial charge in [0.1, 0.15) is 0 Å². The molecule has 1 aliphatic rings. The van der Waals surface area contributed by atoms with Crippen LogP contribution in [0.4, 0.5) is 11.4 Å². The van der Waals surface area contributed by atoms with E-state index in [1.807, 2.05) is 0 Å². The molecule has 2 aromatic rings. The molecular formula is C18H22N2. The number of anilines is 2. The van der Waals surface area contributed by atoms with Gasteiger partial charge in [-0.05, 0) is 49.4 Å². The van der Waals surface area contributed by atoms with Crippen molar-refractivity contribution < 1.29 is 0 Å². The third-order valence-electron chi connectivity index (χ3n) is 4.07. The van der Waals surface area contributed by atoms with Gasteiger partial charge in [-0.15, -0.1) is 0 Å². The topological polar surface area (TPSA) is 29.3 Å². The third-order valence-corrected chi connectivity index (χ3v) is 4.07. The smallest absolute Gasteiger partial charge is 0.0600 e. The molecule has 0 saturated carbocycles. The Morgan fingerprint density at radius 3 is 2.25 bits per heavy atom. The van der Waals surface area contributed by atoms with Crippen LogP contribution in [-0.4, -0.2) is 13.1 Å². The average Bonchev–Trinajstić information content (AvgIpc) is 2.95. The van der Waals surface area contributed by atoms with Crippen LogP contribution in [0.5, 0.6) is 0 Å². The summed E-state index contributed by atoms with van der Waals surface area (Å²) >= 11 is 0. The monoisotopic (exact) mass is 266 g/mol. The Kier molecular flexibility index (Phi) is 3.64. The van der Waals surface area contributed by atoms with Crippen molar-refractivity contribution in [1.29, 1.82) is 0 Å². The van der Waals surface area contributed by atoms with Crippen molar-refractivity contribution >= 4 is 11.4 Å². The fraction of sp³-hybridized carbons (Fsp3) is 0.333. The molecular weight excluding hydrogens is 244 g/mol. The highest BCUT2D eigenvalue weighted by atomic mass is 15.1. The van der Waals surface area contributed by atoms with Gasteiger partial charge in [0.15, 0.2) is 0 Å². The Hall–Kier alpha value is -1.96. The lowest BCUT2D eigenvalue weighted by atomic mass is 10.0. The lowest BCUT2D eigenvalue weighted by Crippen LogP contribution is -2.19. The molecule has 1 aliphatic heterocycles. The van der Waals surface area contributed by atoms with E-state index >= 15 is 0 Å². The zero-order valence-electron chi connectivity index (χ0n) is 12.1. The first-order valence-electron chi connectivity index (χ1n) is 7.41. The summed E-state index contributed by atoms with van der Waals surface area (Å²) in [7, 11) is 0. The van der Waals surface area contributed by atoms with Crippen LogP contribution in [-0.2, 0) is 6.42 Å². The van der Waals surface area contributed by atoms with Crippen LogP contribution in [0.1, 0.15) is 29.5 Å². The average molecular weight is 266 g/mol. The Morgan fingerprint density at radius 1 is 0.950 bits per heavy atom. The Labute approximate surface area is 121 Å². The maximum atomic E-state index is 6.24. The summed E-state index contributed by atoms with van der Waals surface area (Å²) in [5.41, 5.74) is 12.3. The Morgan fingerprint density at radius 2 is 1.60 bits per heavy atom. The minimum Gasteiger partial charge on any atom is -0.397 e. The summed E-state index contributed by atoms with van der Waals surface area (Å²) in [5, 5.41) is 0. The van der Waals surface area contributed by atoms with Gasteiger partial charge in [0.2, 0.25) is 0 Å². The van der Waals surface area contributed by atoms with Crippen molar-refractivity contribution in [3.63, 3.8) is 0 Å². The van der Waals surface area contributed by atoms with Gasteiger partial charge in [-0.3, -0.25) is 0 Å². The second-order valence-electron chi connectivity index (χ2n) is 5.75. The predicted octanol–water partition coefficient (Wildman–Crippen LogP) is 3.77. The van der Waals surface area contributed by atoms with Gasteiger partial charge in [0.05, 0.1) is 11.4 Å². The molecule has 104 valence electrons. The Balaban J connectivity index is 1.77. The zero-order chi connectivity index (χ0) is 13.9. The molecule has 2 aromatic carbocycles. The summed E-state index contributed by atoms with van der Waals surface area (Å²) in [4.78, 5) is 2.39. The summed E-state index contributed by atoms with van der Waals surface area (Å²) < 4.78 is 0. The van der Waals surface area contributed by atoms with E-state index in [0.29, 0.717) is 0 Å². The quantitative estimate of drug-likeness (QED) is 0.857. The first-order chi connectivity index (χ1) is 9.72. The molecule has 0 atom stereocenters. The molecule has 3 rings (SSSR count). The molecule has 2 heteroatoms. The maximum absolute atomic E-state index is 6.24. The molecule has 0 radical (unpaired) electrons. The number of benzene rings is 2. The predicted molar refractivity (Wildman–Crippen MR) is 86.3 cm³/mol. The minimum absolute atomic E-state index is 0.913. The molecule has 2 nitrogen and oxygen atoms in total. The van der Waals surface area contributed by atoms with Gasteiger partial charge in [-0.25, -0.2) is 0 Å². The van der Waals surface area contributed by atoms with Gasteiger partial charge in [-0.1, -0.05) is 35.9 Å². The third kappa shape index (κ3) is 2.79. The highest BCUT2D eigenvalue weighted by molar-refractivity contribution is 5.69. The highest BCUT2D eigenvalue weighted by Gasteiger charge is 2.14. The van der Waals surface area contributed by atoms with E-state index in [-0.39, 0.29) is 0 Å². The van der Waals surface area contributed by atoms with Crippen LogP contribution in [0.2, 0.25) is 0 Å². The van der Waals surface area contributed by atoms with E-state index in [4.69, 9.17) is 5.73 Å². The van der Waals surface area contributed by atoms with Crippen LogP contribution in [0, 0.1) is 6.92 Å². The van der Waals surface area contributed by atoms with Gasteiger partial charge in [-0.2, -0.15) is 0 Å². The van der Waals surface area contributed by atoms with E-state index in [2.05, 4.69) is 54.3 Å². The minimum atomic E-state index is 0.913. The van der Waals surface area contributed by atoms with Gasteiger partial charge >= 0.3 is 0 Å². The van der Waals surface area contributed by atoms with E-state index in [9.17, 15) is 0 Å². The molecule has 1 saturated heterocycles. The van der Waals surface area contributed by atoms with Gasteiger partial charge < -0.3 is 10.6 Å². The second kappa shape index (κ2) is 5.58. The standard InChI is InChI=1S/C18H22N2/c1-14-4-6-15(7-5-14)12-16-8-9-18(17(19)13-16)20-10-2-3-11-20/h4-9,13H,2-3,10-12,19H2,1H3. The summed E-state index contributed by atoms with van der Waals surface area (Å²) in [6.07, 6.45) is 3.51. The van der Waals surface area contributed by atoms with Crippen molar-refractivity contribution in [3.8, 4) is 0 Å².